The third-order valence-electron chi connectivity index (χ3n) is 2.26. The SMILES string of the molecule is Cc1cn(CCOc2ccccc2)c(=S)[nH]1. The van der Waals surface area contributed by atoms with E-state index in [1.54, 1.807) is 0 Å². The molecular formula is C12H14N2OS. The molecule has 0 saturated carbocycles. The van der Waals surface area contributed by atoms with Gasteiger partial charge in [-0.15, -0.1) is 0 Å². The molecule has 0 spiro atoms. The Labute approximate surface area is 99.7 Å². The highest BCUT2D eigenvalue weighted by atomic mass is 32.1. The summed E-state index contributed by atoms with van der Waals surface area (Å²) in [7, 11) is 0. The number of ether oxygens (including phenoxy) is 1. The first-order chi connectivity index (χ1) is 7.75. The highest BCUT2D eigenvalue weighted by Crippen LogP contribution is 2.08. The summed E-state index contributed by atoms with van der Waals surface area (Å²) in [5.74, 6) is 0.890. The Morgan fingerprint density at radius 1 is 1.31 bits per heavy atom. The normalized spacial score (nSPS) is 10.3. The summed E-state index contributed by atoms with van der Waals surface area (Å²) >= 11 is 5.15. The van der Waals surface area contributed by atoms with E-state index in [4.69, 9.17) is 17.0 Å². The third-order valence-corrected chi connectivity index (χ3v) is 2.60. The van der Waals surface area contributed by atoms with Crippen molar-refractivity contribution in [2.45, 2.75) is 13.5 Å². The number of nitrogens with one attached hydrogen (secondary N) is 1. The molecule has 16 heavy (non-hydrogen) atoms. The van der Waals surface area contributed by atoms with Crippen molar-refractivity contribution >= 4 is 12.2 Å². The highest BCUT2D eigenvalue weighted by Gasteiger charge is 1.97. The van der Waals surface area contributed by atoms with Crippen molar-refractivity contribution in [1.29, 1.82) is 0 Å². The number of para-hydroxylation sites is 1. The molecule has 0 aliphatic rings. The van der Waals surface area contributed by atoms with Crippen LogP contribution in [0.3, 0.4) is 0 Å². The molecule has 3 nitrogen and oxygen atoms in total. The number of rotatable bonds is 4. The van der Waals surface area contributed by atoms with Gasteiger partial charge in [-0.3, -0.25) is 0 Å². The minimum atomic E-state index is 0.621. The molecule has 2 aromatic rings. The van der Waals surface area contributed by atoms with E-state index >= 15 is 0 Å². The Hall–Kier alpha value is -1.55. The zero-order valence-electron chi connectivity index (χ0n) is 9.14. The summed E-state index contributed by atoms with van der Waals surface area (Å²) < 4.78 is 8.32. The molecule has 1 aromatic heterocycles. The van der Waals surface area contributed by atoms with E-state index in [2.05, 4.69) is 4.98 Å². The van der Waals surface area contributed by atoms with E-state index in [1.807, 2.05) is 48.0 Å². The molecule has 1 aromatic carbocycles. The first kappa shape index (κ1) is 11.0. The third kappa shape index (κ3) is 2.73. The second-order valence-electron chi connectivity index (χ2n) is 3.60. The van der Waals surface area contributed by atoms with Gasteiger partial charge >= 0.3 is 0 Å². The number of aromatic nitrogens is 2. The van der Waals surface area contributed by atoms with E-state index in [1.165, 1.54) is 0 Å². The molecule has 0 saturated heterocycles. The Kier molecular flexibility index (Phi) is 3.41. The van der Waals surface area contributed by atoms with Crippen molar-refractivity contribution < 1.29 is 4.74 Å². The number of aryl methyl sites for hydroxylation is 1. The monoisotopic (exact) mass is 234 g/mol. The molecule has 2 rings (SSSR count). The fraction of sp³-hybridized carbons (Fsp3) is 0.250. The number of hydrogen-bond acceptors (Lipinski definition) is 2. The van der Waals surface area contributed by atoms with Gasteiger partial charge in [0.25, 0.3) is 0 Å². The first-order valence-electron chi connectivity index (χ1n) is 5.19. The predicted octanol–water partition coefficient (Wildman–Crippen LogP) is 2.93. The zero-order chi connectivity index (χ0) is 11.4. The maximum absolute atomic E-state index is 5.59. The molecule has 4 heteroatoms. The standard InChI is InChI=1S/C12H14N2OS/c1-10-9-14(12(16)13-10)7-8-15-11-5-3-2-4-6-11/h2-6,9H,7-8H2,1H3,(H,13,16). The minimum absolute atomic E-state index is 0.621. The van der Waals surface area contributed by atoms with Crippen LogP contribution in [0.4, 0.5) is 0 Å². The maximum Gasteiger partial charge on any atom is 0.177 e. The first-order valence-corrected chi connectivity index (χ1v) is 5.60. The molecule has 0 aliphatic carbocycles. The van der Waals surface area contributed by atoms with Crippen molar-refractivity contribution in [1.82, 2.24) is 9.55 Å². The van der Waals surface area contributed by atoms with Crippen LogP contribution in [0.1, 0.15) is 5.69 Å². The summed E-state index contributed by atoms with van der Waals surface area (Å²) in [5.41, 5.74) is 1.07. The van der Waals surface area contributed by atoms with Crippen LogP contribution in [0.15, 0.2) is 36.5 Å². The Morgan fingerprint density at radius 3 is 2.69 bits per heavy atom. The lowest BCUT2D eigenvalue weighted by Gasteiger charge is -2.06. The van der Waals surface area contributed by atoms with Crippen molar-refractivity contribution in [2.75, 3.05) is 6.61 Å². The van der Waals surface area contributed by atoms with Gasteiger partial charge in [-0.25, -0.2) is 0 Å². The van der Waals surface area contributed by atoms with E-state index in [9.17, 15) is 0 Å². The minimum Gasteiger partial charge on any atom is -0.492 e. The van der Waals surface area contributed by atoms with Gasteiger partial charge in [0.2, 0.25) is 0 Å². The van der Waals surface area contributed by atoms with Gasteiger partial charge in [-0.05, 0) is 31.3 Å². The molecule has 1 heterocycles. The number of benzene rings is 1. The fourth-order valence-corrected chi connectivity index (χ4v) is 1.81. The van der Waals surface area contributed by atoms with Gasteiger partial charge in [0.05, 0.1) is 6.54 Å². The van der Waals surface area contributed by atoms with E-state index in [0.717, 1.165) is 22.8 Å². The number of H-pyrrole nitrogens is 1. The smallest absolute Gasteiger partial charge is 0.177 e. The Balaban J connectivity index is 1.89. The zero-order valence-corrected chi connectivity index (χ0v) is 9.96. The predicted molar refractivity (Wildman–Crippen MR) is 66.3 cm³/mol. The van der Waals surface area contributed by atoms with Crippen LogP contribution < -0.4 is 4.74 Å². The van der Waals surface area contributed by atoms with Crippen molar-refractivity contribution in [3.8, 4) is 5.75 Å². The summed E-state index contributed by atoms with van der Waals surface area (Å²) in [6.45, 7) is 3.37. The van der Waals surface area contributed by atoms with Crippen molar-refractivity contribution in [3.63, 3.8) is 0 Å². The molecular weight excluding hydrogens is 220 g/mol. The molecule has 84 valence electrons. The van der Waals surface area contributed by atoms with Gasteiger partial charge in [0.15, 0.2) is 4.77 Å². The number of hydrogen-bond donors (Lipinski definition) is 1. The van der Waals surface area contributed by atoms with Crippen molar-refractivity contribution in [2.24, 2.45) is 0 Å². The van der Waals surface area contributed by atoms with E-state index in [0.29, 0.717) is 6.61 Å². The molecule has 0 unspecified atom stereocenters. The van der Waals surface area contributed by atoms with Crippen molar-refractivity contribution in [3.05, 3.63) is 47.0 Å². The summed E-state index contributed by atoms with van der Waals surface area (Å²) in [5, 5.41) is 0. The molecule has 0 radical (unpaired) electrons. The summed E-state index contributed by atoms with van der Waals surface area (Å²) in [6, 6.07) is 9.78. The Morgan fingerprint density at radius 2 is 2.06 bits per heavy atom. The molecule has 0 atom stereocenters. The number of imidazole rings is 1. The number of aromatic amines is 1. The average Bonchev–Trinajstić information content (AvgIpc) is 2.59. The molecule has 0 bridgehead atoms. The topological polar surface area (TPSA) is 29.9 Å². The lowest BCUT2D eigenvalue weighted by Crippen LogP contribution is -2.07. The Bertz CT molecular complexity index is 501. The maximum atomic E-state index is 5.59. The van der Waals surface area contributed by atoms with Crippen LogP contribution >= 0.6 is 12.2 Å². The number of nitrogens with zero attached hydrogens (tertiary/aromatic N) is 1. The van der Waals surface area contributed by atoms with E-state index < -0.39 is 0 Å². The quantitative estimate of drug-likeness (QED) is 0.824. The van der Waals surface area contributed by atoms with Crippen LogP contribution in [0, 0.1) is 11.7 Å². The second kappa shape index (κ2) is 4.99. The van der Waals surface area contributed by atoms with Crippen LogP contribution in [0.5, 0.6) is 5.75 Å². The van der Waals surface area contributed by atoms with Crippen LogP contribution in [-0.2, 0) is 6.54 Å². The molecule has 0 fully saturated rings. The second-order valence-corrected chi connectivity index (χ2v) is 3.98. The van der Waals surface area contributed by atoms with Gasteiger partial charge < -0.3 is 14.3 Å². The summed E-state index contributed by atoms with van der Waals surface area (Å²) in [4.78, 5) is 3.08. The van der Waals surface area contributed by atoms with Gasteiger partial charge in [-0.1, -0.05) is 18.2 Å². The lowest BCUT2D eigenvalue weighted by molar-refractivity contribution is 0.297. The average molecular weight is 234 g/mol. The summed E-state index contributed by atoms with van der Waals surface area (Å²) in [6.07, 6.45) is 2.00. The largest absolute Gasteiger partial charge is 0.492 e. The van der Waals surface area contributed by atoms with Gasteiger partial charge in [0.1, 0.15) is 12.4 Å². The van der Waals surface area contributed by atoms with Gasteiger partial charge in [0, 0.05) is 11.9 Å². The molecule has 0 amide bonds. The fourth-order valence-electron chi connectivity index (χ4n) is 1.51. The van der Waals surface area contributed by atoms with E-state index in [-0.39, 0.29) is 0 Å². The van der Waals surface area contributed by atoms with Crippen LogP contribution in [0.2, 0.25) is 0 Å². The molecule has 1 N–H and O–H groups in total. The van der Waals surface area contributed by atoms with Gasteiger partial charge in [-0.2, -0.15) is 0 Å². The highest BCUT2D eigenvalue weighted by molar-refractivity contribution is 7.71. The lowest BCUT2D eigenvalue weighted by atomic mass is 10.3. The van der Waals surface area contributed by atoms with Crippen LogP contribution in [0.25, 0.3) is 0 Å². The molecule has 0 aliphatic heterocycles. The van der Waals surface area contributed by atoms with Crippen LogP contribution in [-0.4, -0.2) is 16.2 Å².